The maximum Gasteiger partial charge on any atom is 0.226 e. The molecule has 1 heterocycles. The van der Waals surface area contributed by atoms with E-state index in [2.05, 4.69) is 23.3 Å². The summed E-state index contributed by atoms with van der Waals surface area (Å²) in [5, 5.41) is 13.7. The molecule has 3 aliphatic carbocycles. The van der Waals surface area contributed by atoms with Crippen LogP contribution in [0.15, 0.2) is 29.4 Å². The number of nitrogens with zero attached hydrogens (tertiary/aromatic N) is 2. The van der Waals surface area contributed by atoms with Gasteiger partial charge in [0, 0.05) is 35.7 Å². The van der Waals surface area contributed by atoms with Crippen molar-refractivity contribution in [1.29, 1.82) is 0 Å². The van der Waals surface area contributed by atoms with Crippen molar-refractivity contribution in [2.45, 2.75) is 71.1 Å². The van der Waals surface area contributed by atoms with Gasteiger partial charge in [0.25, 0.3) is 0 Å². The van der Waals surface area contributed by atoms with Crippen molar-refractivity contribution in [2.75, 3.05) is 25.6 Å². The number of carbonyl (C=O) groups is 1. The Bertz CT molecular complexity index is 1130. The lowest BCUT2D eigenvalue weighted by atomic mass is 9.54. The van der Waals surface area contributed by atoms with E-state index in [0.717, 1.165) is 43.5 Å². The number of thiazole rings is 1. The third-order valence-electron chi connectivity index (χ3n) is 9.03. The fraction of sp³-hybridized carbons (Fsp3) is 0.621. The molecule has 6 nitrogen and oxygen atoms in total. The minimum absolute atomic E-state index is 0.0621. The van der Waals surface area contributed by atoms with Gasteiger partial charge in [-0.3, -0.25) is 9.79 Å². The van der Waals surface area contributed by atoms with Gasteiger partial charge in [0.05, 0.1) is 13.2 Å². The normalized spacial score (nSPS) is 30.0. The zero-order chi connectivity index (χ0) is 25.3. The maximum absolute atomic E-state index is 12.6. The number of rotatable bonds is 8. The molecular weight excluding hydrogens is 470 g/mol. The largest absolute Gasteiger partial charge is 0.508 e. The van der Waals surface area contributed by atoms with Crippen molar-refractivity contribution in [3.63, 3.8) is 0 Å². The van der Waals surface area contributed by atoms with E-state index >= 15 is 0 Å². The van der Waals surface area contributed by atoms with Gasteiger partial charge < -0.3 is 15.2 Å². The first-order valence-electron chi connectivity index (χ1n) is 13.5. The molecule has 3 aliphatic rings. The Labute approximate surface area is 218 Å². The van der Waals surface area contributed by atoms with Crippen molar-refractivity contribution in [1.82, 2.24) is 4.98 Å². The first kappa shape index (κ1) is 25.4. The number of ether oxygens (including phenoxy) is 1. The fourth-order valence-electron chi connectivity index (χ4n) is 7.55. The molecule has 194 valence electrons. The number of amides is 1. The van der Waals surface area contributed by atoms with Gasteiger partial charge in [-0.1, -0.05) is 13.0 Å². The highest BCUT2D eigenvalue weighted by atomic mass is 32.1. The monoisotopic (exact) mass is 509 g/mol. The molecule has 36 heavy (non-hydrogen) atoms. The Hall–Kier alpha value is -2.25. The lowest BCUT2D eigenvalue weighted by molar-refractivity contribution is -0.116. The molecule has 1 amide bonds. The summed E-state index contributed by atoms with van der Waals surface area (Å²) >= 11 is 1.52. The van der Waals surface area contributed by atoms with Gasteiger partial charge in [-0.15, -0.1) is 11.3 Å². The zero-order valence-electron chi connectivity index (χ0n) is 21.8. The number of phenolic OH excluding ortho intramolecular Hbond substituents is 1. The predicted molar refractivity (Wildman–Crippen MR) is 145 cm³/mol. The second-order valence-corrected chi connectivity index (χ2v) is 12.4. The summed E-state index contributed by atoms with van der Waals surface area (Å²) in [6, 6.07) is 6.01. The van der Waals surface area contributed by atoms with Gasteiger partial charge in [-0.05, 0) is 98.8 Å². The molecule has 0 aliphatic heterocycles. The van der Waals surface area contributed by atoms with Gasteiger partial charge >= 0.3 is 0 Å². The molecule has 5 atom stereocenters. The van der Waals surface area contributed by atoms with Gasteiger partial charge in [-0.2, -0.15) is 0 Å². The molecular formula is C29H39N3O3S. The molecule has 7 heteroatoms. The van der Waals surface area contributed by atoms with Crippen molar-refractivity contribution in [2.24, 2.45) is 28.2 Å². The minimum atomic E-state index is 0.0621. The highest BCUT2D eigenvalue weighted by molar-refractivity contribution is 7.15. The SMILES string of the molecule is COCCN=C1C[C@@H](CCCC(=O)Nc2ncc(C)s2)C2C3CCc4cc(O)ccc4C3CC[C@]12C. The van der Waals surface area contributed by atoms with E-state index in [-0.39, 0.29) is 11.3 Å². The lowest BCUT2D eigenvalue weighted by Crippen LogP contribution is -2.44. The number of fused-ring (bicyclic) bond motifs is 5. The molecule has 3 unspecified atom stereocenters. The van der Waals surface area contributed by atoms with Gasteiger partial charge in [0.1, 0.15) is 5.75 Å². The second kappa shape index (κ2) is 10.6. The highest BCUT2D eigenvalue weighted by Crippen LogP contribution is 2.62. The smallest absolute Gasteiger partial charge is 0.226 e. The number of carbonyl (C=O) groups excluding carboxylic acids is 1. The lowest BCUT2D eigenvalue weighted by Gasteiger charge is -2.50. The van der Waals surface area contributed by atoms with Crippen LogP contribution in [0.4, 0.5) is 5.13 Å². The van der Waals surface area contributed by atoms with E-state index in [1.54, 1.807) is 13.3 Å². The molecule has 0 spiro atoms. The van der Waals surface area contributed by atoms with Gasteiger partial charge in [-0.25, -0.2) is 4.98 Å². The number of nitrogens with one attached hydrogen (secondary N) is 1. The van der Waals surface area contributed by atoms with E-state index in [1.165, 1.54) is 41.0 Å². The summed E-state index contributed by atoms with van der Waals surface area (Å²) in [6.07, 6.45) is 9.87. The summed E-state index contributed by atoms with van der Waals surface area (Å²) in [4.78, 5) is 23.0. The molecule has 2 saturated carbocycles. The van der Waals surface area contributed by atoms with Crippen molar-refractivity contribution >= 4 is 28.1 Å². The molecule has 2 fully saturated rings. The van der Waals surface area contributed by atoms with E-state index in [0.29, 0.717) is 47.6 Å². The van der Waals surface area contributed by atoms with Crippen LogP contribution in [0.2, 0.25) is 0 Å². The molecule has 2 N–H and O–H groups in total. The van der Waals surface area contributed by atoms with E-state index in [4.69, 9.17) is 9.73 Å². The Morgan fingerprint density at radius 2 is 2.22 bits per heavy atom. The molecule has 1 aromatic carbocycles. The van der Waals surface area contributed by atoms with Crippen LogP contribution in [0.3, 0.4) is 0 Å². The van der Waals surface area contributed by atoms with E-state index in [9.17, 15) is 9.90 Å². The number of phenols is 1. The van der Waals surface area contributed by atoms with Crippen LogP contribution < -0.4 is 5.32 Å². The number of anilines is 1. The van der Waals surface area contributed by atoms with E-state index < -0.39 is 0 Å². The Balaban J connectivity index is 1.32. The van der Waals surface area contributed by atoms with E-state index in [1.807, 2.05) is 19.1 Å². The van der Waals surface area contributed by atoms with Crippen LogP contribution >= 0.6 is 11.3 Å². The molecule has 5 rings (SSSR count). The van der Waals surface area contributed by atoms with Crippen LogP contribution in [0.1, 0.15) is 73.8 Å². The number of benzene rings is 1. The van der Waals surface area contributed by atoms with Crippen LogP contribution in [-0.4, -0.2) is 42.0 Å². The summed E-state index contributed by atoms with van der Waals surface area (Å²) in [5.41, 5.74) is 4.30. The number of aromatic nitrogens is 1. The third kappa shape index (κ3) is 4.97. The Morgan fingerprint density at radius 3 is 3.00 bits per heavy atom. The van der Waals surface area contributed by atoms with Crippen LogP contribution in [0, 0.1) is 30.1 Å². The molecule has 1 aromatic heterocycles. The average Bonchev–Trinajstić information content (AvgIpc) is 3.38. The Morgan fingerprint density at radius 1 is 1.36 bits per heavy atom. The maximum atomic E-state index is 12.6. The van der Waals surface area contributed by atoms with Crippen molar-refractivity contribution in [3.05, 3.63) is 40.4 Å². The first-order chi connectivity index (χ1) is 17.4. The number of aliphatic imine (C=N–C) groups is 1. The second-order valence-electron chi connectivity index (χ2n) is 11.2. The number of aromatic hydroxyl groups is 1. The zero-order valence-corrected chi connectivity index (χ0v) is 22.6. The van der Waals surface area contributed by atoms with Crippen LogP contribution in [0.5, 0.6) is 5.75 Å². The highest BCUT2D eigenvalue weighted by Gasteiger charge is 2.57. The van der Waals surface area contributed by atoms with Gasteiger partial charge in [0.2, 0.25) is 5.91 Å². The topological polar surface area (TPSA) is 83.8 Å². The molecule has 0 bridgehead atoms. The molecule has 0 saturated heterocycles. The Kier molecular flexibility index (Phi) is 7.49. The van der Waals surface area contributed by atoms with Crippen LogP contribution in [-0.2, 0) is 16.0 Å². The average molecular weight is 510 g/mol. The minimum Gasteiger partial charge on any atom is -0.508 e. The third-order valence-corrected chi connectivity index (χ3v) is 9.86. The molecule has 2 aromatic rings. The fourth-order valence-corrected chi connectivity index (χ4v) is 8.23. The van der Waals surface area contributed by atoms with Crippen LogP contribution in [0.25, 0.3) is 0 Å². The summed E-state index contributed by atoms with van der Waals surface area (Å²) in [6.45, 7) is 5.85. The standard InChI is InChI=1S/C29H39N3O3S/c1-18-17-31-28(36-18)32-26(34)6-4-5-20-16-25(30-13-14-35-3)29(2)12-11-23-22-10-8-21(33)15-19(22)7-9-24(23)27(20)29/h8,10,15,17,20,23-24,27,33H,4-7,9,11-14,16H2,1-3H3,(H,31,32,34)/t20-,23?,24?,27?,29-/m1/s1. The number of aryl methyl sites for hydroxylation is 2. The summed E-state index contributed by atoms with van der Waals surface area (Å²) in [7, 11) is 1.74. The van der Waals surface area contributed by atoms with Gasteiger partial charge in [0.15, 0.2) is 5.13 Å². The first-order valence-corrected chi connectivity index (χ1v) is 14.3. The summed E-state index contributed by atoms with van der Waals surface area (Å²) in [5.74, 6) is 2.77. The number of hydrogen-bond acceptors (Lipinski definition) is 6. The van der Waals surface area contributed by atoms with Crippen molar-refractivity contribution < 1.29 is 14.6 Å². The summed E-state index contributed by atoms with van der Waals surface area (Å²) < 4.78 is 5.30. The quantitative estimate of drug-likeness (QED) is 0.419. The number of methoxy groups -OCH3 is 1. The number of hydrogen-bond donors (Lipinski definition) is 2. The van der Waals surface area contributed by atoms with Crippen molar-refractivity contribution in [3.8, 4) is 5.75 Å². The predicted octanol–water partition coefficient (Wildman–Crippen LogP) is 6.14. The molecule has 0 radical (unpaired) electrons.